The quantitative estimate of drug-likeness (QED) is 0.137. The van der Waals surface area contributed by atoms with Crippen molar-refractivity contribution < 1.29 is 19.0 Å². The number of carbonyl (C=O) groups is 1. The Labute approximate surface area is 256 Å². The highest BCUT2D eigenvalue weighted by Gasteiger charge is 2.18. The molecule has 0 spiro atoms. The van der Waals surface area contributed by atoms with Crippen LogP contribution < -0.4 is 19.8 Å². The van der Waals surface area contributed by atoms with Crippen molar-refractivity contribution in [2.75, 3.05) is 31.7 Å². The Bertz CT molecular complexity index is 1390. The van der Waals surface area contributed by atoms with Crippen LogP contribution in [0.15, 0.2) is 52.0 Å². The maximum atomic E-state index is 12.5. The normalized spacial score (nSPS) is 10.8. The third kappa shape index (κ3) is 8.39. The highest BCUT2D eigenvalue weighted by atomic mass is 127. The van der Waals surface area contributed by atoms with Crippen LogP contribution in [0.25, 0.3) is 0 Å². The minimum absolute atomic E-state index is 0.0626. The van der Waals surface area contributed by atoms with Gasteiger partial charge in [0, 0.05) is 51.1 Å². The Morgan fingerprint density at radius 1 is 1.18 bits per heavy atom. The molecule has 1 aromatic heterocycles. The molecular formula is C29H31BrIN5O4. The van der Waals surface area contributed by atoms with E-state index in [2.05, 4.69) is 78.8 Å². The number of hydrogen-bond donors (Lipinski definition) is 1. The molecule has 40 heavy (non-hydrogen) atoms. The SMILES string of the molecule is CCN(CC)c1ccc(/C=N\NC(=O)COc2nc(C)c(Br)c(COC)c2C#N)c(OCc2ccc(I)cc2)c1. The summed E-state index contributed by atoms with van der Waals surface area (Å²) in [5, 5.41) is 13.7. The Balaban J connectivity index is 1.71. The molecule has 1 N–H and O–H groups in total. The molecule has 0 saturated heterocycles. The largest absolute Gasteiger partial charge is 0.488 e. The number of nitriles is 1. The van der Waals surface area contributed by atoms with E-state index < -0.39 is 5.91 Å². The van der Waals surface area contributed by atoms with Crippen LogP contribution in [0.1, 0.15) is 41.8 Å². The molecule has 3 rings (SSSR count). The number of methoxy groups -OCH3 is 1. The summed E-state index contributed by atoms with van der Waals surface area (Å²) in [4.78, 5) is 19.0. The lowest BCUT2D eigenvalue weighted by molar-refractivity contribution is -0.123. The van der Waals surface area contributed by atoms with Crippen molar-refractivity contribution in [2.24, 2.45) is 5.10 Å². The Morgan fingerprint density at radius 3 is 2.55 bits per heavy atom. The van der Waals surface area contributed by atoms with Crippen LogP contribution in [-0.2, 0) is 22.7 Å². The van der Waals surface area contributed by atoms with Gasteiger partial charge in [0.2, 0.25) is 5.88 Å². The van der Waals surface area contributed by atoms with E-state index in [1.54, 1.807) is 6.92 Å². The number of benzene rings is 2. The lowest BCUT2D eigenvalue weighted by Gasteiger charge is -2.22. The molecule has 0 aliphatic heterocycles. The zero-order valence-electron chi connectivity index (χ0n) is 22.8. The molecule has 0 atom stereocenters. The molecule has 0 fully saturated rings. The molecule has 0 bridgehead atoms. The van der Waals surface area contributed by atoms with Crippen LogP contribution >= 0.6 is 38.5 Å². The van der Waals surface area contributed by atoms with Crippen molar-refractivity contribution in [1.29, 1.82) is 5.26 Å². The number of halogens is 2. The number of aromatic nitrogens is 1. The number of nitrogens with one attached hydrogen (secondary N) is 1. The number of amides is 1. The number of hydrogen-bond acceptors (Lipinski definition) is 8. The standard InChI is InChI=1S/C29H31BrIN5O4/c1-5-36(6-2)23-12-9-21(26(13-23)39-16-20-7-10-22(31)11-8-20)15-33-35-27(37)18-40-29-24(14-32)25(17-38-4)28(30)19(3)34-29/h7-13,15H,5-6,16-18H2,1-4H3,(H,35,37)/b33-15-. The molecule has 1 heterocycles. The third-order valence-corrected chi connectivity index (χ3v) is 7.71. The van der Waals surface area contributed by atoms with Crippen molar-refractivity contribution in [3.63, 3.8) is 0 Å². The van der Waals surface area contributed by atoms with Gasteiger partial charge in [-0.2, -0.15) is 10.4 Å². The van der Waals surface area contributed by atoms with E-state index in [9.17, 15) is 10.1 Å². The van der Waals surface area contributed by atoms with E-state index >= 15 is 0 Å². The van der Waals surface area contributed by atoms with Gasteiger partial charge in [0.15, 0.2) is 6.61 Å². The first-order chi connectivity index (χ1) is 19.3. The second-order valence-corrected chi connectivity index (χ2v) is 10.6. The first-order valence-corrected chi connectivity index (χ1v) is 14.5. The number of rotatable bonds is 13. The molecule has 3 aromatic rings. The summed E-state index contributed by atoms with van der Waals surface area (Å²) in [6, 6.07) is 16.1. The van der Waals surface area contributed by atoms with Crippen LogP contribution in [0.5, 0.6) is 11.6 Å². The monoisotopic (exact) mass is 719 g/mol. The summed E-state index contributed by atoms with van der Waals surface area (Å²) in [6.07, 6.45) is 1.53. The average molecular weight is 720 g/mol. The van der Waals surface area contributed by atoms with Crippen LogP contribution in [0.3, 0.4) is 0 Å². The molecule has 210 valence electrons. The molecule has 0 radical (unpaired) electrons. The lowest BCUT2D eigenvalue weighted by Crippen LogP contribution is -2.25. The van der Waals surface area contributed by atoms with E-state index in [0.29, 0.717) is 33.6 Å². The fraction of sp³-hybridized carbons (Fsp3) is 0.310. The van der Waals surface area contributed by atoms with Gasteiger partial charge in [-0.25, -0.2) is 10.4 Å². The summed E-state index contributed by atoms with van der Waals surface area (Å²) >= 11 is 5.71. The fourth-order valence-electron chi connectivity index (χ4n) is 3.84. The molecular weight excluding hydrogens is 689 g/mol. The molecule has 0 unspecified atom stereocenters. The molecule has 0 aliphatic carbocycles. The summed E-state index contributed by atoms with van der Waals surface area (Å²) in [6.45, 7) is 7.92. The van der Waals surface area contributed by atoms with E-state index in [4.69, 9.17) is 14.2 Å². The van der Waals surface area contributed by atoms with Gasteiger partial charge in [-0.3, -0.25) is 4.79 Å². The minimum Gasteiger partial charge on any atom is -0.488 e. The number of ether oxygens (including phenoxy) is 3. The zero-order chi connectivity index (χ0) is 29.1. The highest BCUT2D eigenvalue weighted by molar-refractivity contribution is 14.1. The van der Waals surface area contributed by atoms with Crippen molar-refractivity contribution in [1.82, 2.24) is 10.4 Å². The van der Waals surface area contributed by atoms with Crippen molar-refractivity contribution in [3.05, 3.63) is 78.5 Å². The van der Waals surface area contributed by atoms with Gasteiger partial charge in [-0.1, -0.05) is 12.1 Å². The smallest absolute Gasteiger partial charge is 0.278 e. The maximum absolute atomic E-state index is 12.5. The second kappa shape index (κ2) is 15.5. The molecule has 11 heteroatoms. The van der Waals surface area contributed by atoms with Gasteiger partial charge in [-0.05, 0) is 89.1 Å². The van der Waals surface area contributed by atoms with Crippen LogP contribution in [0, 0.1) is 21.8 Å². The van der Waals surface area contributed by atoms with Crippen LogP contribution in [-0.4, -0.2) is 43.9 Å². The minimum atomic E-state index is -0.503. The zero-order valence-corrected chi connectivity index (χ0v) is 26.6. The summed E-state index contributed by atoms with van der Waals surface area (Å²) in [5.74, 6) is 0.209. The maximum Gasteiger partial charge on any atom is 0.278 e. The number of anilines is 1. The number of hydrazone groups is 1. The van der Waals surface area contributed by atoms with Gasteiger partial charge in [0.1, 0.15) is 24.0 Å². The van der Waals surface area contributed by atoms with Crippen LogP contribution in [0.4, 0.5) is 5.69 Å². The predicted octanol–water partition coefficient (Wildman–Crippen LogP) is 5.73. The Kier molecular flexibility index (Phi) is 12.2. The van der Waals surface area contributed by atoms with E-state index in [1.165, 1.54) is 13.3 Å². The van der Waals surface area contributed by atoms with E-state index in [1.807, 2.05) is 42.5 Å². The topological polar surface area (TPSA) is 109 Å². The summed E-state index contributed by atoms with van der Waals surface area (Å²) < 4.78 is 18.8. The van der Waals surface area contributed by atoms with Gasteiger partial charge in [-0.15, -0.1) is 0 Å². The molecule has 2 aromatic carbocycles. The number of aryl methyl sites for hydroxylation is 1. The number of nitrogens with zero attached hydrogens (tertiary/aromatic N) is 4. The summed E-state index contributed by atoms with van der Waals surface area (Å²) in [7, 11) is 1.53. The third-order valence-electron chi connectivity index (χ3n) is 5.93. The molecule has 1 amide bonds. The van der Waals surface area contributed by atoms with Crippen molar-refractivity contribution in [2.45, 2.75) is 34.0 Å². The fourth-order valence-corrected chi connectivity index (χ4v) is 4.60. The summed E-state index contributed by atoms with van der Waals surface area (Å²) in [5.41, 5.74) is 6.69. The Morgan fingerprint density at radius 2 is 1.90 bits per heavy atom. The van der Waals surface area contributed by atoms with Crippen molar-refractivity contribution in [3.8, 4) is 17.7 Å². The van der Waals surface area contributed by atoms with Crippen LogP contribution in [0.2, 0.25) is 0 Å². The Hall–Kier alpha value is -3.21. The first kappa shape index (κ1) is 31.3. The van der Waals surface area contributed by atoms with E-state index in [0.717, 1.165) is 27.9 Å². The second-order valence-electron chi connectivity index (χ2n) is 8.61. The number of carbonyl (C=O) groups excluding carboxylic acids is 1. The number of pyridine rings is 1. The predicted molar refractivity (Wildman–Crippen MR) is 167 cm³/mol. The lowest BCUT2D eigenvalue weighted by atomic mass is 10.1. The molecule has 9 nitrogen and oxygen atoms in total. The average Bonchev–Trinajstić information content (AvgIpc) is 2.95. The van der Waals surface area contributed by atoms with Gasteiger partial charge >= 0.3 is 0 Å². The van der Waals surface area contributed by atoms with Gasteiger partial charge in [0.25, 0.3) is 5.91 Å². The van der Waals surface area contributed by atoms with Gasteiger partial charge in [0.05, 0.1) is 18.5 Å². The first-order valence-electron chi connectivity index (χ1n) is 12.6. The van der Waals surface area contributed by atoms with Gasteiger partial charge < -0.3 is 19.1 Å². The molecule has 0 aliphatic rings. The van der Waals surface area contributed by atoms with E-state index in [-0.39, 0.29) is 24.7 Å². The molecule has 0 saturated carbocycles. The highest BCUT2D eigenvalue weighted by Crippen LogP contribution is 2.30. The van der Waals surface area contributed by atoms with Crippen molar-refractivity contribution >= 4 is 56.3 Å².